The highest BCUT2D eigenvalue weighted by atomic mass is 35.5. The third-order valence-corrected chi connectivity index (χ3v) is 4.55. The standard InChI is InChI=1S/C18H18ClN3O4/c1-11(12-5-3-6-13(19)9-12)20-15(23)10-22-16(24)18(2,21-17(22)25)14-7-4-8-26-14/h3-9,11H,10H2,1-2H3,(H,20,23)(H,21,25). The molecule has 0 radical (unpaired) electrons. The number of imide groups is 1. The summed E-state index contributed by atoms with van der Waals surface area (Å²) in [5, 5.41) is 5.90. The summed E-state index contributed by atoms with van der Waals surface area (Å²) in [6, 6.07) is 9.37. The summed E-state index contributed by atoms with van der Waals surface area (Å²) in [5.74, 6) is -0.682. The van der Waals surface area contributed by atoms with Gasteiger partial charge in [0.15, 0.2) is 5.54 Å². The molecule has 3 rings (SSSR count). The molecule has 2 N–H and O–H groups in total. The van der Waals surface area contributed by atoms with Crippen LogP contribution in [-0.4, -0.2) is 29.3 Å². The zero-order valence-corrected chi connectivity index (χ0v) is 15.0. The van der Waals surface area contributed by atoms with Crippen molar-refractivity contribution in [2.75, 3.05) is 6.54 Å². The van der Waals surface area contributed by atoms with Crippen LogP contribution in [0.25, 0.3) is 0 Å². The van der Waals surface area contributed by atoms with E-state index in [-0.39, 0.29) is 12.6 Å². The van der Waals surface area contributed by atoms with Gasteiger partial charge >= 0.3 is 6.03 Å². The van der Waals surface area contributed by atoms with E-state index in [0.29, 0.717) is 10.8 Å². The van der Waals surface area contributed by atoms with Gasteiger partial charge in [-0.3, -0.25) is 14.5 Å². The van der Waals surface area contributed by atoms with Crippen molar-refractivity contribution in [1.82, 2.24) is 15.5 Å². The first-order valence-electron chi connectivity index (χ1n) is 8.04. The Morgan fingerprint density at radius 1 is 1.35 bits per heavy atom. The summed E-state index contributed by atoms with van der Waals surface area (Å²) in [5.41, 5.74) is -0.497. The maximum atomic E-state index is 12.7. The number of urea groups is 1. The summed E-state index contributed by atoms with van der Waals surface area (Å²) in [7, 11) is 0. The van der Waals surface area contributed by atoms with Crippen LogP contribution in [0, 0.1) is 0 Å². The van der Waals surface area contributed by atoms with Crippen molar-refractivity contribution >= 4 is 29.4 Å². The minimum Gasteiger partial charge on any atom is -0.466 e. The molecule has 136 valence electrons. The fourth-order valence-corrected chi connectivity index (χ4v) is 3.06. The van der Waals surface area contributed by atoms with Gasteiger partial charge in [0.25, 0.3) is 5.91 Å². The number of hydrogen-bond acceptors (Lipinski definition) is 4. The minimum absolute atomic E-state index is 0.311. The summed E-state index contributed by atoms with van der Waals surface area (Å²) in [6.45, 7) is 2.95. The number of nitrogens with zero attached hydrogens (tertiary/aromatic N) is 1. The molecule has 0 spiro atoms. The second kappa shape index (κ2) is 6.84. The van der Waals surface area contributed by atoms with Crippen molar-refractivity contribution in [2.24, 2.45) is 0 Å². The molecule has 1 aromatic heterocycles. The topological polar surface area (TPSA) is 91.7 Å². The number of carbonyl (C=O) groups is 3. The van der Waals surface area contributed by atoms with E-state index in [1.54, 1.807) is 44.2 Å². The molecule has 26 heavy (non-hydrogen) atoms. The number of carbonyl (C=O) groups excluding carboxylic acids is 3. The van der Waals surface area contributed by atoms with E-state index in [4.69, 9.17) is 16.0 Å². The molecule has 2 atom stereocenters. The van der Waals surface area contributed by atoms with Gasteiger partial charge in [-0.1, -0.05) is 23.7 Å². The Kier molecular flexibility index (Phi) is 4.73. The molecule has 8 heteroatoms. The fraction of sp³-hybridized carbons (Fsp3) is 0.278. The zero-order chi connectivity index (χ0) is 18.9. The largest absolute Gasteiger partial charge is 0.466 e. The van der Waals surface area contributed by atoms with Gasteiger partial charge in [0.05, 0.1) is 12.3 Å². The number of furan rings is 1. The minimum atomic E-state index is -1.32. The zero-order valence-electron chi connectivity index (χ0n) is 14.3. The molecule has 1 saturated heterocycles. The van der Waals surface area contributed by atoms with Crippen LogP contribution in [0.1, 0.15) is 31.2 Å². The lowest BCUT2D eigenvalue weighted by Crippen LogP contribution is -2.43. The van der Waals surface area contributed by atoms with Crippen LogP contribution < -0.4 is 10.6 Å². The number of rotatable bonds is 5. The van der Waals surface area contributed by atoms with Gasteiger partial charge in [-0.15, -0.1) is 0 Å². The van der Waals surface area contributed by atoms with Crippen LogP contribution in [0.5, 0.6) is 0 Å². The van der Waals surface area contributed by atoms with Crippen molar-refractivity contribution in [3.05, 3.63) is 59.0 Å². The molecule has 1 aliphatic rings. The Morgan fingerprint density at radius 2 is 2.12 bits per heavy atom. The average Bonchev–Trinajstić information content (AvgIpc) is 3.19. The number of benzene rings is 1. The van der Waals surface area contributed by atoms with Crippen molar-refractivity contribution in [3.63, 3.8) is 0 Å². The molecule has 7 nitrogen and oxygen atoms in total. The SMILES string of the molecule is CC(NC(=O)CN1C(=O)NC(C)(c2ccco2)C1=O)c1cccc(Cl)c1. The Labute approximate surface area is 155 Å². The van der Waals surface area contributed by atoms with E-state index in [1.807, 2.05) is 6.07 Å². The quantitative estimate of drug-likeness (QED) is 0.786. The summed E-state index contributed by atoms with van der Waals surface area (Å²) in [4.78, 5) is 38.0. The fourth-order valence-electron chi connectivity index (χ4n) is 2.86. The smallest absolute Gasteiger partial charge is 0.325 e. The van der Waals surface area contributed by atoms with Crippen molar-refractivity contribution in [1.29, 1.82) is 0 Å². The summed E-state index contributed by atoms with van der Waals surface area (Å²) < 4.78 is 5.25. The molecule has 1 fully saturated rings. The summed E-state index contributed by atoms with van der Waals surface area (Å²) in [6.07, 6.45) is 1.42. The van der Waals surface area contributed by atoms with Gasteiger partial charge in [-0.05, 0) is 43.7 Å². The van der Waals surface area contributed by atoms with E-state index >= 15 is 0 Å². The molecule has 4 amide bonds. The molecule has 2 aromatic rings. The van der Waals surface area contributed by atoms with Gasteiger partial charge < -0.3 is 15.1 Å². The predicted octanol–water partition coefficient (Wildman–Crippen LogP) is 2.58. The Morgan fingerprint density at radius 3 is 2.77 bits per heavy atom. The van der Waals surface area contributed by atoms with Crippen LogP contribution >= 0.6 is 11.6 Å². The maximum absolute atomic E-state index is 12.7. The third kappa shape index (κ3) is 3.30. The van der Waals surface area contributed by atoms with E-state index in [2.05, 4.69) is 10.6 Å². The van der Waals surface area contributed by atoms with Gasteiger partial charge in [0.2, 0.25) is 5.91 Å². The predicted molar refractivity (Wildman–Crippen MR) is 94.3 cm³/mol. The number of nitrogens with one attached hydrogen (secondary N) is 2. The number of halogens is 1. The molecule has 2 heterocycles. The highest BCUT2D eigenvalue weighted by molar-refractivity contribution is 6.30. The van der Waals surface area contributed by atoms with Crippen LogP contribution in [0.2, 0.25) is 5.02 Å². The van der Waals surface area contributed by atoms with Crippen molar-refractivity contribution in [3.8, 4) is 0 Å². The lowest BCUT2D eigenvalue weighted by atomic mass is 9.99. The summed E-state index contributed by atoms with van der Waals surface area (Å²) >= 11 is 5.95. The number of amides is 4. The molecular weight excluding hydrogens is 358 g/mol. The second-order valence-electron chi connectivity index (χ2n) is 6.27. The lowest BCUT2D eigenvalue weighted by Gasteiger charge is -2.20. The first-order chi connectivity index (χ1) is 12.3. The average molecular weight is 376 g/mol. The normalized spacial score (nSPS) is 20.8. The van der Waals surface area contributed by atoms with Gasteiger partial charge in [-0.2, -0.15) is 0 Å². The van der Waals surface area contributed by atoms with Crippen LogP contribution in [0.4, 0.5) is 4.79 Å². The maximum Gasteiger partial charge on any atom is 0.325 e. The Balaban J connectivity index is 1.68. The molecule has 0 saturated carbocycles. The van der Waals surface area contributed by atoms with Gasteiger partial charge in [0, 0.05) is 5.02 Å². The molecular formula is C18H18ClN3O4. The molecule has 0 aliphatic carbocycles. The van der Waals surface area contributed by atoms with Crippen molar-refractivity contribution in [2.45, 2.75) is 25.4 Å². The van der Waals surface area contributed by atoms with Crippen LogP contribution in [0.3, 0.4) is 0 Å². The highest BCUT2D eigenvalue weighted by Gasteiger charge is 2.51. The molecule has 1 aliphatic heterocycles. The monoisotopic (exact) mass is 375 g/mol. The molecule has 0 bridgehead atoms. The lowest BCUT2D eigenvalue weighted by molar-refractivity contribution is -0.135. The first kappa shape index (κ1) is 18.0. The Hall–Kier alpha value is -2.80. The van der Waals surface area contributed by atoms with E-state index < -0.39 is 23.4 Å². The van der Waals surface area contributed by atoms with E-state index in [1.165, 1.54) is 6.26 Å². The van der Waals surface area contributed by atoms with E-state index in [0.717, 1.165) is 10.5 Å². The Bertz CT molecular complexity index is 852. The first-order valence-corrected chi connectivity index (χ1v) is 8.42. The van der Waals surface area contributed by atoms with Crippen LogP contribution in [-0.2, 0) is 15.1 Å². The molecule has 1 aromatic carbocycles. The highest BCUT2D eigenvalue weighted by Crippen LogP contribution is 2.29. The third-order valence-electron chi connectivity index (χ3n) is 4.32. The van der Waals surface area contributed by atoms with Gasteiger partial charge in [-0.25, -0.2) is 4.79 Å². The van der Waals surface area contributed by atoms with E-state index in [9.17, 15) is 14.4 Å². The molecule has 2 unspecified atom stereocenters. The second-order valence-corrected chi connectivity index (χ2v) is 6.70. The van der Waals surface area contributed by atoms with Gasteiger partial charge in [0.1, 0.15) is 12.3 Å². The number of hydrogen-bond donors (Lipinski definition) is 2. The van der Waals surface area contributed by atoms with Crippen molar-refractivity contribution < 1.29 is 18.8 Å². The van der Waals surface area contributed by atoms with Crippen LogP contribution in [0.15, 0.2) is 47.1 Å².